The van der Waals surface area contributed by atoms with Gasteiger partial charge in [0.15, 0.2) is 0 Å². The summed E-state index contributed by atoms with van der Waals surface area (Å²) in [5, 5.41) is 0. The van der Waals surface area contributed by atoms with Gasteiger partial charge in [-0.15, -0.1) is 0 Å². The molecular weight excluding hydrogens is 264 g/mol. The fourth-order valence-corrected chi connectivity index (χ4v) is 4.23. The first-order valence-electron chi connectivity index (χ1n) is 10.3. The molecule has 3 saturated carbocycles. The third-order valence-corrected chi connectivity index (χ3v) is 6.49. The standard InChI is InChI=1S/C22H36/c1-2-3-11-21(19-12-6-13-19)17-22(20-14-7-15-20)16-5-10-18-8-4-9-18/h18H,2-17H2,1H3. The van der Waals surface area contributed by atoms with Crippen LogP contribution in [0.4, 0.5) is 0 Å². The van der Waals surface area contributed by atoms with Gasteiger partial charge in [0.2, 0.25) is 0 Å². The largest absolute Gasteiger partial charge is 0.0707 e. The van der Waals surface area contributed by atoms with Crippen molar-refractivity contribution in [2.75, 3.05) is 0 Å². The molecule has 3 aliphatic carbocycles. The summed E-state index contributed by atoms with van der Waals surface area (Å²) in [5.74, 6) is 1.09. The molecule has 0 saturated heterocycles. The zero-order valence-electron chi connectivity index (χ0n) is 14.9. The number of hydrogen-bond acceptors (Lipinski definition) is 0. The Hall–Kier alpha value is -0.520. The summed E-state index contributed by atoms with van der Waals surface area (Å²) in [4.78, 5) is 0. The second kappa shape index (κ2) is 8.37. The second-order valence-corrected chi connectivity index (χ2v) is 8.09. The van der Waals surface area contributed by atoms with Crippen molar-refractivity contribution in [1.82, 2.24) is 0 Å². The molecule has 0 heteroatoms. The van der Waals surface area contributed by atoms with Gasteiger partial charge in [-0.25, -0.2) is 0 Å². The Morgan fingerprint density at radius 3 is 1.82 bits per heavy atom. The Morgan fingerprint density at radius 2 is 1.41 bits per heavy atom. The normalized spacial score (nSPS) is 21.1. The maximum atomic E-state index is 2.34. The molecule has 22 heavy (non-hydrogen) atoms. The number of rotatable bonds is 9. The maximum Gasteiger partial charge on any atom is -0.0103 e. The van der Waals surface area contributed by atoms with E-state index in [1.807, 2.05) is 22.3 Å². The lowest BCUT2D eigenvalue weighted by Gasteiger charge is -2.28. The van der Waals surface area contributed by atoms with Crippen molar-refractivity contribution in [3.63, 3.8) is 0 Å². The fourth-order valence-electron chi connectivity index (χ4n) is 4.23. The SMILES string of the molecule is CCCCC(CC(CCCC1CCC1)=C1CCC1)=C1CCC1. The summed E-state index contributed by atoms with van der Waals surface area (Å²) >= 11 is 0. The smallest absolute Gasteiger partial charge is 0.0103 e. The molecule has 0 nitrogen and oxygen atoms in total. The Labute approximate surface area is 138 Å². The molecular formula is C22H36. The van der Waals surface area contributed by atoms with E-state index in [4.69, 9.17) is 0 Å². The highest BCUT2D eigenvalue weighted by atomic mass is 14.3. The van der Waals surface area contributed by atoms with E-state index in [9.17, 15) is 0 Å². The molecule has 3 aliphatic rings. The number of unbranched alkanes of at least 4 members (excludes halogenated alkanes) is 1. The first-order valence-corrected chi connectivity index (χ1v) is 10.3. The van der Waals surface area contributed by atoms with Gasteiger partial charge in [0.05, 0.1) is 0 Å². The lowest BCUT2D eigenvalue weighted by molar-refractivity contribution is 0.289. The third kappa shape index (κ3) is 4.27. The zero-order chi connectivity index (χ0) is 15.2. The fraction of sp³-hybridized carbons (Fsp3) is 0.818. The van der Waals surface area contributed by atoms with E-state index in [1.54, 1.807) is 0 Å². The van der Waals surface area contributed by atoms with Crippen molar-refractivity contribution in [2.24, 2.45) is 5.92 Å². The van der Waals surface area contributed by atoms with Gasteiger partial charge in [-0.2, -0.15) is 0 Å². The zero-order valence-corrected chi connectivity index (χ0v) is 14.9. The van der Waals surface area contributed by atoms with Gasteiger partial charge in [-0.05, 0) is 76.5 Å². The second-order valence-electron chi connectivity index (χ2n) is 8.09. The highest BCUT2D eigenvalue weighted by Gasteiger charge is 2.21. The minimum absolute atomic E-state index is 1.09. The molecule has 0 bridgehead atoms. The van der Waals surface area contributed by atoms with E-state index in [0.717, 1.165) is 5.92 Å². The molecule has 0 aromatic rings. The van der Waals surface area contributed by atoms with E-state index in [0.29, 0.717) is 0 Å². The average Bonchev–Trinajstić information content (AvgIpc) is 2.34. The Morgan fingerprint density at radius 1 is 0.818 bits per heavy atom. The van der Waals surface area contributed by atoms with Gasteiger partial charge in [0.1, 0.15) is 0 Å². The highest BCUT2D eigenvalue weighted by Crippen LogP contribution is 2.39. The van der Waals surface area contributed by atoms with Crippen molar-refractivity contribution in [3.05, 3.63) is 22.3 Å². The predicted molar refractivity (Wildman–Crippen MR) is 97.1 cm³/mol. The first-order chi connectivity index (χ1) is 10.9. The van der Waals surface area contributed by atoms with Crippen LogP contribution in [0.15, 0.2) is 22.3 Å². The predicted octanol–water partition coefficient (Wildman–Crippen LogP) is 7.50. The monoisotopic (exact) mass is 300 g/mol. The third-order valence-electron chi connectivity index (χ3n) is 6.49. The molecule has 0 amide bonds. The van der Waals surface area contributed by atoms with Gasteiger partial charge in [-0.3, -0.25) is 0 Å². The molecule has 0 heterocycles. The maximum absolute atomic E-state index is 2.34. The summed E-state index contributed by atoms with van der Waals surface area (Å²) in [7, 11) is 0. The van der Waals surface area contributed by atoms with Crippen LogP contribution >= 0.6 is 0 Å². The summed E-state index contributed by atoms with van der Waals surface area (Å²) in [5.41, 5.74) is 7.47. The minimum Gasteiger partial charge on any atom is -0.0707 e. The molecule has 0 unspecified atom stereocenters. The van der Waals surface area contributed by atoms with Crippen LogP contribution in [-0.4, -0.2) is 0 Å². The molecule has 0 atom stereocenters. The van der Waals surface area contributed by atoms with E-state index < -0.39 is 0 Å². The molecule has 0 aromatic heterocycles. The van der Waals surface area contributed by atoms with Crippen LogP contribution in [0, 0.1) is 5.92 Å². The molecule has 0 N–H and O–H groups in total. The molecule has 0 aliphatic heterocycles. The van der Waals surface area contributed by atoms with E-state index in [2.05, 4.69) is 6.92 Å². The summed E-state index contributed by atoms with van der Waals surface area (Å²) in [6.45, 7) is 2.34. The topological polar surface area (TPSA) is 0 Å². The van der Waals surface area contributed by atoms with Crippen LogP contribution in [0.2, 0.25) is 0 Å². The quantitative estimate of drug-likeness (QED) is 0.387. The van der Waals surface area contributed by atoms with E-state index in [1.165, 1.54) is 103 Å². The summed E-state index contributed by atoms with van der Waals surface area (Å²) in [6.07, 6.45) is 23.1. The molecule has 124 valence electrons. The van der Waals surface area contributed by atoms with E-state index in [-0.39, 0.29) is 0 Å². The van der Waals surface area contributed by atoms with Crippen molar-refractivity contribution in [1.29, 1.82) is 0 Å². The lowest BCUT2D eigenvalue weighted by Crippen LogP contribution is -2.11. The van der Waals surface area contributed by atoms with Gasteiger partial charge in [0.25, 0.3) is 0 Å². The molecule has 0 radical (unpaired) electrons. The van der Waals surface area contributed by atoms with Crippen LogP contribution in [0.1, 0.15) is 110 Å². The van der Waals surface area contributed by atoms with Crippen LogP contribution in [0.25, 0.3) is 0 Å². The van der Waals surface area contributed by atoms with Crippen LogP contribution in [0.5, 0.6) is 0 Å². The molecule has 3 rings (SSSR count). The van der Waals surface area contributed by atoms with Crippen molar-refractivity contribution < 1.29 is 0 Å². The summed E-state index contributed by atoms with van der Waals surface area (Å²) < 4.78 is 0. The summed E-state index contributed by atoms with van der Waals surface area (Å²) in [6, 6.07) is 0. The number of allylic oxidation sites excluding steroid dienone is 4. The van der Waals surface area contributed by atoms with Crippen LogP contribution in [-0.2, 0) is 0 Å². The van der Waals surface area contributed by atoms with Gasteiger partial charge >= 0.3 is 0 Å². The molecule has 0 aromatic carbocycles. The Bertz CT molecular complexity index is 407. The minimum atomic E-state index is 1.09. The van der Waals surface area contributed by atoms with Crippen molar-refractivity contribution in [2.45, 2.75) is 110 Å². The van der Waals surface area contributed by atoms with Crippen molar-refractivity contribution >= 4 is 0 Å². The van der Waals surface area contributed by atoms with Crippen LogP contribution < -0.4 is 0 Å². The number of hydrogen-bond donors (Lipinski definition) is 0. The highest BCUT2D eigenvalue weighted by molar-refractivity contribution is 5.29. The first kappa shape index (κ1) is 16.3. The molecule has 3 fully saturated rings. The van der Waals surface area contributed by atoms with Gasteiger partial charge in [-0.1, -0.05) is 61.3 Å². The Kier molecular flexibility index (Phi) is 6.21. The van der Waals surface area contributed by atoms with Crippen LogP contribution in [0.3, 0.4) is 0 Å². The van der Waals surface area contributed by atoms with E-state index >= 15 is 0 Å². The van der Waals surface area contributed by atoms with Crippen molar-refractivity contribution in [3.8, 4) is 0 Å². The van der Waals surface area contributed by atoms with Gasteiger partial charge < -0.3 is 0 Å². The molecule has 0 spiro atoms. The average molecular weight is 301 g/mol. The lowest BCUT2D eigenvalue weighted by atomic mass is 9.77. The Balaban J connectivity index is 1.56. The van der Waals surface area contributed by atoms with Gasteiger partial charge in [0, 0.05) is 0 Å².